The second kappa shape index (κ2) is 6.57. The van der Waals surface area contributed by atoms with Gasteiger partial charge in [-0.15, -0.1) is 0 Å². The summed E-state index contributed by atoms with van der Waals surface area (Å²) in [6, 6.07) is 7.64. The minimum absolute atomic E-state index is 0.592. The zero-order valence-corrected chi connectivity index (χ0v) is 12.8. The first-order valence-electron chi connectivity index (χ1n) is 6.71. The summed E-state index contributed by atoms with van der Waals surface area (Å²) in [5, 5.41) is 7.23. The molecule has 0 aliphatic carbocycles. The van der Waals surface area contributed by atoms with Crippen molar-refractivity contribution in [2.24, 2.45) is 0 Å². The summed E-state index contributed by atoms with van der Waals surface area (Å²) >= 11 is 5.96. The Balaban J connectivity index is 2.21. The van der Waals surface area contributed by atoms with Gasteiger partial charge in [0, 0.05) is 29.0 Å². The average molecular weight is 291 g/mol. The summed E-state index contributed by atoms with van der Waals surface area (Å²) in [6.07, 6.45) is 1.06. The predicted octanol–water partition coefficient (Wildman–Crippen LogP) is 4.31. The van der Waals surface area contributed by atoms with E-state index in [2.05, 4.69) is 27.5 Å². The Morgan fingerprint density at radius 2 is 1.95 bits per heavy atom. The van der Waals surface area contributed by atoms with Gasteiger partial charge in [-0.1, -0.05) is 18.5 Å². The van der Waals surface area contributed by atoms with Gasteiger partial charge in [-0.3, -0.25) is 0 Å². The molecule has 0 saturated carbocycles. The molecule has 1 aromatic heterocycles. The molecule has 0 radical (unpaired) electrons. The average Bonchev–Trinajstić information content (AvgIpc) is 2.39. The molecule has 0 saturated heterocycles. The molecule has 0 unspecified atom stereocenters. The number of nitrogens with zero attached hydrogens (tertiary/aromatic N) is 2. The van der Waals surface area contributed by atoms with Crippen molar-refractivity contribution in [3.8, 4) is 0 Å². The third-order valence-electron chi connectivity index (χ3n) is 2.85. The van der Waals surface area contributed by atoms with Crippen molar-refractivity contribution in [1.29, 1.82) is 0 Å². The van der Waals surface area contributed by atoms with Crippen LogP contribution in [-0.2, 0) is 0 Å². The smallest absolute Gasteiger partial charge is 0.229 e. The van der Waals surface area contributed by atoms with Gasteiger partial charge < -0.3 is 10.6 Å². The van der Waals surface area contributed by atoms with Crippen molar-refractivity contribution in [2.45, 2.75) is 27.2 Å². The number of halogens is 1. The fraction of sp³-hybridized carbons (Fsp3) is 0.333. The second-order valence-electron chi connectivity index (χ2n) is 4.73. The highest BCUT2D eigenvalue weighted by Gasteiger charge is 2.05. The topological polar surface area (TPSA) is 49.8 Å². The van der Waals surface area contributed by atoms with Gasteiger partial charge in [0.1, 0.15) is 5.82 Å². The predicted molar refractivity (Wildman–Crippen MR) is 85.0 cm³/mol. The highest BCUT2D eigenvalue weighted by molar-refractivity contribution is 6.30. The second-order valence-corrected chi connectivity index (χ2v) is 5.17. The third kappa shape index (κ3) is 3.84. The van der Waals surface area contributed by atoms with Crippen molar-refractivity contribution < 1.29 is 0 Å². The molecule has 0 spiro atoms. The van der Waals surface area contributed by atoms with Crippen LogP contribution in [0, 0.1) is 13.8 Å². The Kier molecular flexibility index (Phi) is 4.79. The van der Waals surface area contributed by atoms with Crippen molar-refractivity contribution in [2.75, 3.05) is 17.2 Å². The lowest BCUT2D eigenvalue weighted by Crippen LogP contribution is -2.06. The number of nitrogens with one attached hydrogen (secondary N) is 2. The van der Waals surface area contributed by atoms with Gasteiger partial charge in [-0.05, 0) is 44.0 Å². The fourth-order valence-electron chi connectivity index (χ4n) is 1.86. The normalized spacial score (nSPS) is 10.4. The van der Waals surface area contributed by atoms with Gasteiger partial charge in [-0.2, -0.15) is 4.98 Å². The highest BCUT2D eigenvalue weighted by Crippen LogP contribution is 2.22. The lowest BCUT2D eigenvalue weighted by molar-refractivity contribution is 0.962. The van der Waals surface area contributed by atoms with Crippen molar-refractivity contribution in [3.63, 3.8) is 0 Å². The summed E-state index contributed by atoms with van der Waals surface area (Å²) in [5.41, 5.74) is 2.94. The van der Waals surface area contributed by atoms with Gasteiger partial charge in [0.25, 0.3) is 0 Å². The van der Waals surface area contributed by atoms with Crippen LogP contribution < -0.4 is 10.6 Å². The lowest BCUT2D eigenvalue weighted by atomic mass is 10.2. The van der Waals surface area contributed by atoms with Crippen LogP contribution in [0.5, 0.6) is 0 Å². The van der Waals surface area contributed by atoms with E-state index in [1.807, 2.05) is 38.1 Å². The van der Waals surface area contributed by atoms with Crippen LogP contribution in [-0.4, -0.2) is 16.5 Å². The van der Waals surface area contributed by atoms with Gasteiger partial charge in [0.2, 0.25) is 5.95 Å². The summed E-state index contributed by atoms with van der Waals surface area (Å²) in [6.45, 7) is 6.98. The van der Waals surface area contributed by atoms with Gasteiger partial charge >= 0.3 is 0 Å². The van der Waals surface area contributed by atoms with Gasteiger partial charge in [-0.25, -0.2) is 4.98 Å². The Morgan fingerprint density at radius 3 is 2.65 bits per heavy atom. The van der Waals surface area contributed by atoms with Crippen LogP contribution in [0.15, 0.2) is 24.3 Å². The Hall–Kier alpha value is -1.81. The highest BCUT2D eigenvalue weighted by atomic mass is 35.5. The van der Waals surface area contributed by atoms with Crippen LogP contribution in [0.25, 0.3) is 0 Å². The monoisotopic (exact) mass is 290 g/mol. The van der Waals surface area contributed by atoms with Crippen molar-refractivity contribution in [3.05, 3.63) is 40.5 Å². The summed E-state index contributed by atoms with van der Waals surface area (Å²) < 4.78 is 0. The molecule has 0 bridgehead atoms. The van der Waals surface area contributed by atoms with Gasteiger partial charge in [0.05, 0.1) is 0 Å². The Morgan fingerprint density at radius 1 is 1.15 bits per heavy atom. The molecular formula is C15H19ClN4. The van der Waals surface area contributed by atoms with E-state index in [9.17, 15) is 0 Å². The third-order valence-corrected chi connectivity index (χ3v) is 3.08. The molecule has 20 heavy (non-hydrogen) atoms. The van der Waals surface area contributed by atoms with E-state index in [0.29, 0.717) is 5.95 Å². The molecule has 1 aromatic carbocycles. The summed E-state index contributed by atoms with van der Waals surface area (Å²) in [7, 11) is 0. The number of rotatable bonds is 5. The lowest BCUT2D eigenvalue weighted by Gasteiger charge is -2.11. The molecule has 2 rings (SSSR count). The molecule has 2 N–H and O–H groups in total. The van der Waals surface area contributed by atoms with Crippen LogP contribution in [0.3, 0.4) is 0 Å². The van der Waals surface area contributed by atoms with E-state index in [1.165, 1.54) is 0 Å². The van der Waals surface area contributed by atoms with Crippen molar-refractivity contribution in [1.82, 2.24) is 9.97 Å². The number of aromatic nitrogens is 2. The number of hydrogen-bond acceptors (Lipinski definition) is 4. The van der Waals surface area contributed by atoms with E-state index >= 15 is 0 Å². The van der Waals surface area contributed by atoms with E-state index in [0.717, 1.165) is 40.8 Å². The maximum atomic E-state index is 5.96. The van der Waals surface area contributed by atoms with Crippen LogP contribution in [0.4, 0.5) is 17.5 Å². The molecule has 0 aliphatic rings. The standard InChI is InChI=1S/C15H19ClN4/c1-4-7-17-14-9-11(3)18-15(20-14)19-13-6-5-12(16)8-10(13)2/h5-6,8-9H,4,7H2,1-3H3,(H2,17,18,19,20). The van der Waals surface area contributed by atoms with Gasteiger partial charge in [0.15, 0.2) is 0 Å². The zero-order chi connectivity index (χ0) is 14.5. The first-order valence-corrected chi connectivity index (χ1v) is 7.09. The largest absolute Gasteiger partial charge is 0.370 e. The fourth-order valence-corrected chi connectivity index (χ4v) is 2.08. The van der Waals surface area contributed by atoms with E-state index in [1.54, 1.807) is 0 Å². The van der Waals surface area contributed by atoms with E-state index in [-0.39, 0.29) is 0 Å². The SMILES string of the molecule is CCCNc1cc(C)nc(Nc2ccc(Cl)cc2C)n1. The molecule has 2 aromatic rings. The van der Waals surface area contributed by atoms with Crippen molar-refractivity contribution >= 4 is 29.1 Å². The number of aryl methyl sites for hydroxylation is 2. The summed E-state index contributed by atoms with van der Waals surface area (Å²) in [4.78, 5) is 8.87. The quantitative estimate of drug-likeness (QED) is 0.861. The first-order chi connectivity index (χ1) is 9.58. The number of anilines is 3. The molecule has 0 fully saturated rings. The number of hydrogen-bond donors (Lipinski definition) is 2. The minimum atomic E-state index is 0.592. The maximum absolute atomic E-state index is 5.96. The van der Waals surface area contributed by atoms with Crippen LogP contribution in [0.2, 0.25) is 5.02 Å². The molecule has 1 heterocycles. The zero-order valence-electron chi connectivity index (χ0n) is 12.0. The molecule has 0 amide bonds. The molecule has 0 aliphatic heterocycles. The minimum Gasteiger partial charge on any atom is -0.370 e. The van der Waals surface area contributed by atoms with E-state index in [4.69, 9.17) is 11.6 Å². The molecule has 5 heteroatoms. The molecular weight excluding hydrogens is 272 g/mol. The first kappa shape index (κ1) is 14.6. The molecule has 0 atom stereocenters. The molecule has 106 valence electrons. The maximum Gasteiger partial charge on any atom is 0.229 e. The summed E-state index contributed by atoms with van der Waals surface area (Å²) in [5.74, 6) is 1.43. The Labute approximate surface area is 124 Å². The van der Waals surface area contributed by atoms with Crippen LogP contribution >= 0.6 is 11.6 Å². The van der Waals surface area contributed by atoms with E-state index < -0.39 is 0 Å². The molecule has 4 nitrogen and oxygen atoms in total. The van der Waals surface area contributed by atoms with Crippen LogP contribution in [0.1, 0.15) is 24.6 Å². The number of benzene rings is 1. The Bertz CT molecular complexity index is 598.